The fourth-order valence-corrected chi connectivity index (χ4v) is 6.33. The number of urea groups is 1. The summed E-state index contributed by atoms with van der Waals surface area (Å²) in [5.41, 5.74) is 1.65. The van der Waals surface area contributed by atoms with Crippen molar-refractivity contribution in [1.82, 2.24) is 9.80 Å². The first kappa shape index (κ1) is 21.0. The van der Waals surface area contributed by atoms with Gasteiger partial charge in [-0.1, -0.05) is 18.2 Å². The first-order valence-corrected chi connectivity index (χ1v) is 12.8. The lowest BCUT2D eigenvalue weighted by molar-refractivity contribution is 0.0714. The first-order chi connectivity index (χ1) is 16.2. The van der Waals surface area contributed by atoms with Crippen molar-refractivity contribution in [3.63, 3.8) is 0 Å². The van der Waals surface area contributed by atoms with Crippen LogP contribution in [0.2, 0.25) is 0 Å². The van der Waals surface area contributed by atoms with Gasteiger partial charge in [0.05, 0.1) is 0 Å². The first-order valence-electron chi connectivity index (χ1n) is 12.8. The van der Waals surface area contributed by atoms with Gasteiger partial charge < -0.3 is 9.64 Å². The van der Waals surface area contributed by atoms with Crippen LogP contribution in [0.25, 0.3) is 0 Å². The molecule has 2 saturated heterocycles. The van der Waals surface area contributed by atoms with E-state index in [2.05, 4.69) is 9.80 Å². The van der Waals surface area contributed by atoms with Crippen LogP contribution in [-0.4, -0.2) is 54.1 Å². The van der Waals surface area contributed by atoms with E-state index in [1.165, 1.54) is 51.6 Å². The summed E-state index contributed by atoms with van der Waals surface area (Å²) >= 11 is 0. The molecule has 6 rings (SSSR count). The van der Waals surface area contributed by atoms with E-state index >= 15 is 0 Å². The maximum absolute atomic E-state index is 13.3. The zero-order valence-electron chi connectivity index (χ0n) is 19.5. The number of amides is 2. The summed E-state index contributed by atoms with van der Waals surface area (Å²) in [6.07, 6.45) is 10.5. The van der Waals surface area contributed by atoms with Gasteiger partial charge >= 0.3 is 6.03 Å². The topological polar surface area (TPSA) is 36.0 Å². The molecular weight excluding hydrogens is 410 g/mol. The van der Waals surface area contributed by atoms with Crippen molar-refractivity contribution in [2.45, 2.75) is 63.5 Å². The number of anilines is 1. The molecule has 2 aromatic rings. The molecule has 0 aromatic heterocycles. The zero-order chi connectivity index (χ0) is 22.3. The van der Waals surface area contributed by atoms with Gasteiger partial charge in [-0.05, 0) is 99.7 Å². The average Bonchev–Trinajstić information content (AvgIpc) is 3.49. The van der Waals surface area contributed by atoms with Gasteiger partial charge in [-0.15, -0.1) is 0 Å². The molecule has 0 N–H and O–H groups in total. The van der Waals surface area contributed by atoms with E-state index in [0.717, 1.165) is 49.2 Å². The molecule has 4 aliphatic rings. The van der Waals surface area contributed by atoms with Crippen molar-refractivity contribution in [2.24, 2.45) is 5.41 Å². The molecule has 174 valence electrons. The molecule has 2 aliphatic heterocycles. The molecule has 0 unspecified atom stereocenters. The van der Waals surface area contributed by atoms with Crippen molar-refractivity contribution in [1.29, 1.82) is 0 Å². The van der Waals surface area contributed by atoms with Crippen LogP contribution in [0.15, 0.2) is 54.6 Å². The molecule has 5 heteroatoms. The Balaban J connectivity index is 1.04. The summed E-state index contributed by atoms with van der Waals surface area (Å²) < 4.78 is 5.90. The molecule has 2 amide bonds. The third-order valence-corrected chi connectivity index (χ3v) is 8.44. The fraction of sp³-hybridized carbons (Fsp3) is 0.536. The number of carbonyl (C=O) groups is 1. The third-order valence-electron chi connectivity index (χ3n) is 8.44. The summed E-state index contributed by atoms with van der Waals surface area (Å²) in [6.45, 7) is 4.23. The van der Waals surface area contributed by atoms with Gasteiger partial charge in [0.15, 0.2) is 0 Å². The summed E-state index contributed by atoms with van der Waals surface area (Å²) in [5, 5.41) is 0. The molecular formula is C28H35N3O2. The van der Waals surface area contributed by atoms with E-state index in [0.29, 0.717) is 11.5 Å². The SMILES string of the molecule is O=C1N(c2ccc(Oc3ccccc3)cc2)CCN1C1CCC(N2CCCC3(CC3)C2)CC1. The minimum Gasteiger partial charge on any atom is -0.457 e. The lowest BCUT2D eigenvalue weighted by Crippen LogP contribution is -2.48. The van der Waals surface area contributed by atoms with E-state index in [-0.39, 0.29) is 6.03 Å². The number of nitrogens with zero attached hydrogens (tertiary/aromatic N) is 3. The number of hydrogen-bond acceptors (Lipinski definition) is 3. The molecule has 33 heavy (non-hydrogen) atoms. The predicted octanol–water partition coefficient (Wildman–Crippen LogP) is 5.91. The maximum Gasteiger partial charge on any atom is 0.324 e. The van der Waals surface area contributed by atoms with Gasteiger partial charge in [-0.2, -0.15) is 0 Å². The van der Waals surface area contributed by atoms with Crippen LogP contribution in [0.4, 0.5) is 10.5 Å². The number of benzene rings is 2. The fourth-order valence-electron chi connectivity index (χ4n) is 6.33. The van der Waals surface area contributed by atoms with E-state index in [9.17, 15) is 4.79 Å². The number of piperidine rings is 1. The van der Waals surface area contributed by atoms with Crippen LogP contribution < -0.4 is 9.64 Å². The quantitative estimate of drug-likeness (QED) is 0.574. The van der Waals surface area contributed by atoms with Crippen LogP contribution in [0, 0.1) is 5.41 Å². The monoisotopic (exact) mass is 445 g/mol. The van der Waals surface area contributed by atoms with E-state index < -0.39 is 0 Å². The molecule has 2 heterocycles. The minimum atomic E-state index is 0.171. The normalized spacial score (nSPS) is 27.2. The number of hydrogen-bond donors (Lipinski definition) is 0. The Bertz CT molecular complexity index is 964. The Morgan fingerprint density at radius 1 is 0.758 bits per heavy atom. The van der Waals surface area contributed by atoms with Gasteiger partial charge in [0.1, 0.15) is 11.5 Å². The molecule has 1 spiro atoms. The second-order valence-electron chi connectivity index (χ2n) is 10.6. The van der Waals surface area contributed by atoms with Gasteiger partial charge in [0, 0.05) is 37.4 Å². The highest BCUT2D eigenvalue weighted by molar-refractivity contribution is 5.94. The second kappa shape index (κ2) is 8.68. The van der Waals surface area contributed by atoms with Crippen molar-refractivity contribution < 1.29 is 9.53 Å². The number of carbonyl (C=O) groups excluding carboxylic acids is 1. The summed E-state index contributed by atoms with van der Waals surface area (Å²) in [7, 11) is 0. The van der Waals surface area contributed by atoms with Crippen LogP contribution in [-0.2, 0) is 0 Å². The molecule has 0 atom stereocenters. The highest BCUT2D eigenvalue weighted by atomic mass is 16.5. The van der Waals surface area contributed by atoms with Crippen molar-refractivity contribution in [2.75, 3.05) is 31.1 Å². The summed E-state index contributed by atoms with van der Waals surface area (Å²) in [4.78, 5) is 20.1. The van der Waals surface area contributed by atoms with Crippen LogP contribution >= 0.6 is 0 Å². The Hall–Kier alpha value is -2.53. The number of ether oxygens (including phenoxy) is 1. The van der Waals surface area contributed by atoms with Crippen LogP contribution in [0.5, 0.6) is 11.5 Å². The summed E-state index contributed by atoms with van der Waals surface area (Å²) in [5.74, 6) is 1.61. The molecule has 0 bridgehead atoms. The van der Waals surface area contributed by atoms with E-state index in [4.69, 9.17) is 4.74 Å². The highest BCUT2D eigenvalue weighted by Gasteiger charge is 2.47. The molecule has 2 aliphatic carbocycles. The van der Waals surface area contributed by atoms with Gasteiger partial charge in [-0.25, -0.2) is 4.79 Å². The third kappa shape index (κ3) is 4.35. The van der Waals surface area contributed by atoms with Crippen LogP contribution in [0.3, 0.4) is 0 Å². The van der Waals surface area contributed by atoms with Gasteiger partial charge in [0.25, 0.3) is 0 Å². The molecule has 0 radical (unpaired) electrons. The smallest absolute Gasteiger partial charge is 0.324 e. The van der Waals surface area contributed by atoms with Crippen molar-refractivity contribution >= 4 is 11.7 Å². The predicted molar refractivity (Wildman–Crippen MR) is 131 cm³/mol. The lowest BCUT2D eigenvalue weighted by Gasteiger charge is -2.43. The van der Waals surface area contributed by atoms with E-state index in [1.54, 1.807) is 0 Å². The summed E-state index contributed by atoms with van der Waals surface area (Å²) in [6, 6.07) is 19.0. The van der Waals surface area contributed by atoms with E-state index in [1.807, 2.05) is 59.5 Å². The van der Waals surface area contributed by atoms with Crippen LogP contribution in [0.1, 0.15) is 51.4 Å². The number of rotatable bonds is 5. The molecule has 4 fully saturated rings. The minimum absolute atomic E-state index is 0.171. The Morgan fingerprint density at radius 2 is 1.45 bits per heavy atom. The van der Waals surface area contributed by atoms with Crippen molar-refractivity contribution in [3.8, 4) is 11.5 Å². The maximum atomic E-state index is 13.3. The highest BCUT2D eigenvalue weighted by Crippen LogP contribution is 2.52. The Kier molecular flexibility index (Phi) is 5.53. The molecule has 2 aromatic carbocycles. The standard InChI is InChI=1S/C28H35N3O2/c32-27-30(23-9-7-22(8-10-23)29-18-4-15-28(21-29)16-17-28)19-20-31(27)24-11-13-26(14-12-24)33-25-5-2-1-3-6-25/h1-3,5-6,11-14,22-23H,4,7-10,15-21H2. The number of para-hydroxylation sites is 1. The molecule has 5 nitrogen and oxygen atoms in total. The van der Waals surface area contributed by atoms with Crippen molar-refractivity contribution in [3.05, 3.63) is 54.6 Å². The Labute approximate surface area is 197 Å². The number of likely N-dealkylation sites (tertiary alicyclic amines) is 1. The average molecular weight is 446 g/mol. The second-order valence-corrected chi connectivity index (χ2v) is 10.6. The molecule has 2 saturated carbocycles. The lowest BCUT2D eigenvalue weighted by atomic mass is 9.86. The zero-order valence-corrected chi connectivity index (χ0v) is 19.5. The Morgan fingerprint density at radius 3 is 2.18 bits per heavy atom. The largest absolute Gasteiger partial charge is 0.457 e. The van der Waals surface area contributed by atoms with Gasteiger partial charge in [-0.3, -0.25) is 9.80 Å². The van der Waals surface area contributed by atoms with Gasteiger partial charge in [0.2, 0.25) is 0 Å².